The van der Waals surface area contributed by atoms with E-state index in [0.29, 0.717) is 11.5 Å². The van der Waals surface area contributed by atoms with Crippen molar-refractivity contribution in [2.75, 3.05) is 5.73 Å². The van der Waals surface area contributed by atoms with Gasteiger partial charge in [0.25, 0.3) is 0 Å². The van der Waals surface area contributed by atoms with Crippen LogP contribution in [0.2, 0.25) is 0 Å². The van der Waals surface area contributed by atoms with E-state index in [4.69, 9.17) is 10.2 Å². The van der Waals surface area contributed by atoms with E-state index in [-0.39, 0.29) is 0 Å². The average molecular weight is 316 g/mol. The van der Waals surface area contributed by atoms with Gasteiger partial charge in [0.05, 0.1) is 6.04 Å². The van der Waals surface area contributed by atoms with Crippen molar-refractivity contribution in [3.05, 3.63) is 47.4 Å². The molecule has 2 rings (SSSR count). The molecule has 1 aromatic carbocycles. The Bertz CT molecular complexity index is 772. The molecular weight excluding hydrogens is 302 g/mol. The molecule has 8 heteroatoms. The summed E-state index contributed by atoms with van der Waals surface area (Å²) in [6.07, 6.45) is 0. The highest BCUT2D eigenvalue weighted by atomic mass is 32.2. The van der Waals surface area contributed by atoms with Crippen LogP contribution in [-0.4, -0.2) is 8.42 Å². The zero-order chi connectivity index (χ0) is 15.8. The smallest absolute Gasteiger partial charge is 0.244 e. The van der Waals surface area contributed by atoms with E-state index < -0.39 is 38.3 Å². The van der Waals surface area contributed by atoms with Crippen molar-refractivity contribution in [1.82, 2.24) is 4.72 Å². The molecule has 0 amide bonds. The van der Waals surface area contributed by atoms with Gasteiger partial charge >= 0.3 is 0 Å². The lowest BCUT2D eigenvalue weighted by Gasteiger charge is -2.13. The van der Waals surface area contributed by atoms with Crippen LogP contribution in [0.15, 0.2) is 33.6 Å². The van der Waals surface area contributed by atoms with E-state index in [2.05, 4.69) is 4.72 Å². The molecule has 1 heterocycles. The van der Waals surface area contributed by atoms with Crippen molar-refractivity contribution in [2.45, 2.75) is 24.8 Å². The fourth-order valence-corrected chi connectivity index (χ4v) is 3.10. The summed E-state index contributed by atoms with van der Waals surface area (Å²) < 4.78 is 58.7. The second-order valence-electron chi connectivity index (χ2n) is 4.56. The largest absolute Gasteiger partial charge is 0.465 e. The van der Waals surface area contributed by atoms with Gasteiger partial charge in [0, 0.05) is 0 Å². The fraction of sp³-hybridized carbons (Fsp3) is 0.231. The molecule has 0 aliphatic carbocycles. The van der Waals surface area contributed by atoms with Crippen LogP contribution in [0.3, 0.4) is 0 Å². The molecule has 0 saturated carbocycles. The summed E-state index contributed by atoms with van der Waals surface area (Å²) in [4.78, 5) is -0.712. The van der Waals surface area contributed by atoms with Gasteiger partial charge in [-0.25, -0.2) is 21.9 Å². The van der Waals surface area contributed by atoms with Gasteiger partial charge < -0.3 is 10.2 Å². The number of nitrogens with two attached hydrogens (primary N) is 1. The van der Waals surface area contributed by atoms with Crippen LogP contribution in [0.1, 0.15) is 24.5 Å². The molecule has 0 radical (unpaired) electrons. The summed E-state index contributed by atoms with van der Waals surface area (Å²) in [5.41, 5.74) is 4.33. The van der Waals surface area contributed by atoms with E-state index in [9.17, 15) is 17.2 Å². The van der Waals surface area contributed by atoms with Crippen molar-refractivity contribution in [3.63, 3.8) is 0 Å². The van der Waals surface area contributed by atoms with E-state index >= 15 is 0 Å². The first kappa shape index (κ1) is 15.5. The number of benzene rings is 1. The minimum Gasteiger partial charge on any atom is -0.465 e. The summed E-state index contributed by atoms with van der Waals surface area (Å²) in [6, 6.07) is 4.20. The maximum atomic E-state index is 13.8. The van der Waals surface area contributed by atoms with Gasteiger partial charge in [0.1, 0.15) is 27.9 Å². The highest BCUT2D eigenvalue weighted by Gasteiger charge is 2.25. The quantitative estimate of drug-likeness (QED) is 0.849. The normalized spacial score (nSPS) is 13.3. The van der Waals surface area contributed by atoms with Gasteiger partial charge in [-0.3, -0.25) is 0 Å². The van der Waals surface area contributed by atoms with Crippen molar-refractivity contribution < 1.29 is 21.6 Å². The Balaban J connectivity index is 2.33. The molecule has 1 unspecified atom stereocenters. The summed E-state index contributed by atoms with van der Waals surface area (Å²) in [7, 11) is -4.20. The molecule has 0 saturated heterocycles. The lowest BCUT2D eigenvalue weighted by Crippen LogP contribution is -2.27. The van der Waals surface area contributed by atoms with Crippen LogP contribution in [0.4, 0.5) is 14.5 Å². The van der Waals surface area contributed by atoms with E-state index in [1.54, 1.807) is 26.0 Å². The monoisotopic (exact) mass is 316 g/mol. The fourth-order valence-electron chi connectivity index (χ4n) is 1.80. The predicted octanol–water partition coefficient (Wildman–Crippen LogP) is 2.49. The Morgan fingerprint density at radius 1 is 1.24 bits per heavy atom. The number of hydrogen-bond acceptors (Lipinski definition) is 4. The standard InChI is InChI=1S/C13H14F2N2O3S/c1-7-3-5-10(20-7)8(2)17-21(18,19)11-6-4-9(14)13(16)12(11)15/h3-6,8,17H,16H2,1-2H3. The Labute approximate surface area is 120 Å². The van der Waals surface area contributed by atoms with Crippen LogP contribution in [0.25, 0.3) is 0 Å². The zero-order valence-electron chi connectivity index (χ0n) is 11.4. The number of sulfonamides is 1. The first-order chi connectivity index (χ1) is 9.72. The number of nitrogens with one attached hydrogen (secondary N) is 1. The van der Waals surface area contributed by atoms with E-state index in [1.807, 2.05) is 0 Å². The molecule has 21 heavy (non-hydrogen) atoms. The highest BCUT2D eigenvalue weighted by molar-refractivity contribution is 7.89. The van der Waals surface area contributed by atoms with Gasteiger partial charge in [0.2, 0.25) is 10.0 Å². The van der Waals surface area contributed by atoms with Gasteiger partial charge in [-0.1, -0.05) is 0 Å². The Morgan fingerprint density at radius 2 is 1.90 bits per heavy atom. The third-order valence-electron chi connectivity index (χ3n) is 2.90. The zero-order valence-corrected chi connectivity index (χ0v) is 12.2. The first-order valence-electron chi connectivity index (χ1n) is 6.04. The molecule has 2 aromatic rings. The number of hydrogen-bond donors (Lipinski definition) is 2. The van der Waals surface area contributed by atoms with Crippen LogP contribution in [0, 0.1) is 18.6 Å². The molecule has 0 aliphatic heterocycles. The Hall–Kier alpha value is -1.93. The van der Waals surface area contributed by atoms with Crippen LogP contribution >= 0.6 is 0 Å². The number of furan rings is 1. The maximum absolute atomic E-state index is 13.8. The average Bonchev–Trinajstić information content (AvgIpc) is 2.82. The minimum atomic E-state index is -4.20. The molecular formula is C13H14F2N2O3S. The third kappa shape index (κ3) is 3.06. The van der Waals surface area contributed by atoms with Crippen molar-refractivity contribution in [2.24, 2.45) is 0 Å². The molecule has 5 nitrogen and oxygen atoms in total. The number of halogens is 2. The number of rotatable bonds is 4. The highest BCUT2D eigenvalue weighted by Crippen LogP contribution is 2.24. The van der Waals surface area contributed by atoms with Crippen LogP contribution < -0.4 is 10.5 Å². The lowest BCUT2D eigenvalue weighted by atomic mass is 10.3. The lowest BCUT2D eigenvalue weighted by molar-refractivity contribution is 0.440. The molecule has 3 N–H and O–H groups in total. The third-order valence-corrected chi connectivity index (χ3v) is 4.46. The van der Waals surface area contributed by atoms with Crippen molar-refractivity contribution >= 4 is 15.7 Å². The molecule has 1 aromatic heterocycles. The van der Waals surface area contributed by atoms with Crippen LogP contribution in [0.5, 0.6) is 0 Å². The van der Waals surface area contributed by atoms with Crippen molar-refractivity contribution in [3.8, 4) is 0 Å². The second-order valence-corrected chi connectivity index (χ2v) is 6.25. The van der Waals surface area contributed by atoms with Crippen LogP contribution in [-0.2, 0) is 10.0 Å². The van der Waals surface area contributed by atoms with Gasteiger partial charge in [-0.15, -0.1) is 0 Å². The number of nitrogen functional groups attached to an aromatic ring is 1. The van der Waals surface area contributed by atoms with E-state index in [1.165, 1.54) is 0 Å². The SMILES string of the molecule is Cc1ccc(C(C)NS(=O)(=O)c2ccc(F)c(N)c2F)o1. The predicted molar refractivity (Wildman–Crippen MR) is 73.0 cm³/mol. The molecule has 0 bridgehead atoms. The Kier molecular flexibility index (Phi) is 4.02. The summed E-state index contributed by atoms with van der Waals surface area (Å²) in [5, 5.41) is 0. The van der Waals surface area contributed by atoms with Gasteiger partial charge in [-0.2, -0.15) is 0 Å². The van der Waals surface area contributed by atoms with Gasteiger partial charge in [0.15, 0.2) is 5.82 Å². The summed E-state index contributed by atoms with van der Waals surface area (Å²) in [5.74, 6) is -1.33. The maximum Gasteiger partial charge on any atom is 0.244 e. The molecule has 114 valence electrons. The number of aryl methyl sites for hydroxylation is 1. The Morgan fingerprint density at radius 3 is 2.48 bits per heavy atom. The molecule has 0 aliphatic rings. The molecule has 0 fully saturated rings. The second kappa shape index (κ2) is 5.45. The first-order valence-corrected chi connectivity index (χ1v) is 7.53. The summed E-state index contributed by atoms with van der Waals surface area (Å²) in [6.45, 7) is 3.26. The number of anilines is 1. The van der Waals surface area contributed by atoms with Gasteiger partial charge in [-0.05, 0) is 38.1 Å². The van der Waals surface area contributed by atoms with Crippen molar-refractivity contribution in [1.29, 1.82) is 0 Å². The van der Waals surface area contributed by atoms with E-state index in [0.717, 1.165) is 12.1 Å². The minimum absolute atomic E-state index is 0.381. The molecule has 1 atom stereocenters. The topological polar surface area (TPSA) is 85.3 Å². The molecule has 0 spiro atoms. The summed E-state index contributed by atoms with van der Waals surface area (Å²) >= 11 is 0.